The number of likely N-dealkylation sites (N-methyl/N-ethyl adjacent to an activating group) is 1. The Morgan fingerprint density at radius 3 is 2.25 bits per heavy atom. The molecule has 0 aromatic heterocycles. The van der Waals surface area contributed by atoms with Gasteiger partial charge in [-0.3, -0.25) is 4.99 Å². The Morgan fingerprint density at radius 1 is 1.15 bits per heavy atom. The standard InChI is InChI=1S/C15H34N4.HI/c1-7-9-10-17-15(16-8-2)18-12-14(19(5)6)11-13(3)4;/h13-14H,7-12H2,1-6H3,(H2,16,17,18);1H. The molecular formula is C15H35IN4. The van der Waals surface area contributed by atoms with Gasteiger partial charge in [-0.15, -0.1) is 24.0 Å². The van der Waals surface area contributed by atoms with Gasteiger partial charge in [-0.25, -0.2) is 0 Å². The Kier molecular flexibility index (Phi) is 15.5. The van der Waals surface area contributed by atoms with Crippen LogP contribution >= 0.6 is 24.0 Å². The zero-order valence-corrected chi connectivity index (χ0v) is 16.5. The van der Waals surface area contributed by atoms with Gasteiger partial charge in [-0.2, -0.15) is 0 Å². The molecule has 0 aromatic carbocycles. The van der Waals surface area contributed by atoms with Gasteiger partial charge < -0.3 is 15.5 Å². The van der Waals surface area contributed by atoms with E-state index in [0.29, 0.717) is 12.0 Å². The minimum Gasteiger partial charge on any atom is -0.357 e. The summed E-state index contributed by atoms with van der Waals surface area (Å²) < 4.78 is 0. The van der Waals surface area contributed by atoms with Crippen LogP contribution in [0.4, 0.5) is 0 Å². The average Bonchev–Trinajstić information content (AvgIpc) is 2.33. The smallest absolute Gasteiger partial charge is 0.191 e. The first kappa shape index (κ1) is 22.2. The zero-order chi connectivity index (χ0) is 14.7. The van der Waals surface area contributed by atoms with Crippen LogP contribution in [0.3, 0.4) is 0 Å². The number of nitrogens with zero attached hydrogens (tertiary/aromatic N) is 2. The van der Waals surface area contributed by atoms with Gasteiger partial charge >= 0.3 is 0 Å². The first-order valence-electron chi connectivity index (χ1n) is 7.69. The molecular weight excluding hydrogens is 363 g/mol. The highest BCUT2D eigenvalue weighted by Gasteiger charge is 2.13. The van der Waals surface area contributed by atoms with Gasteiger partial charge in [0.2, 0.25) is 0 Å². The van der Waals surface area contributed by atoms with Crippen molar-refractivity contribution >= 4 is 29.9 Å². The second kappa shape index (κ2) is 13.9. The highest BCUT2D eigenvalue weighted by Crippen LogP contribution is 2.09. The maximum atomic E-state index is 4.71. The van der Waals surface area contributed by atoms with Crippen molar-refractivity contribution in [3.63, 3.8) is 0 Å². The molecule has 4 nitrogen and oxygen atoms in total. The van der Waals surface area contributed by atoms with Crippen LogP contribution in [0, 0.1) is 5.92 Å². The normalized spacial score (nSPS) is 13.3. The molecule has 0 heterocycles. The Balaban J connectivity index is 0. The second-order valence-corrected chi connectivity index (χ2v) is 5.75. The zero-order valence-electron chi connectivity index (χ0n) is 14.2. The predicted molar refractivity (Wildman–Crippen MR) is 101 cm³/mol. The molecule has 5 heteroatoms. The molecule has 0 aliphatic rings. The van der Waals surface area contributed by atoms with Crippen molar-refractivity contribution < 1.29 is 0 Å². The number of halogens is 1. The SMILES string of the molecule is CCCCNC(=NCC(CC(C)C)N(C)C)NCC.I. The van der Waals surface area contributed by atoms with E-state index in [-0.39, 0.29) is 24.0 Å². The number of unbranched alkanes of at least 4 members (excludes halogenated alkanes) is 1. The lowest BCUT2D eigenvalue weighted by atomic mass is 10.0. The van der Waals surface area contributed by atoms with Gasteiger partial charge in [0.05, 0.1) is 6.54 Å². The number of nitrogens with one attached hydrogen (secondary N) is 2. The molecule has 0 saturated carbocycles. The van der Waals surface area contributed by atoms with Gasteiger partial charge in [0.15, 0.2) is 5.96 Å². The van der Waals surface area contributed by atoms with E-state index in [4.69, 9.17) is 4.99 Å². The molecule has 0 fully saturated rings. The van der Waals surface area contributed by atoms with Crippen molar-refractivity contribution in [1.82, 2.24) is 15.5 Å². The molecule has 122 valence electrons. The fourth-order valence-corrected chi connectivity index (χ4v) is 1.91. The molecule has 0 bridgehead atoms. The Labute approximate surface area is 143 Å². The fourth-order valence-electron chi connectivity index (χ4n) is 1.91. The van der Waals surface area contributed by atoms with Gasteiger partial charge in [-0.05, 0) is 39.8 Å². The van der Waals surface area contributed by atoms with E-state index in [2.05, 4.69) is 57.3 Å². The largest absolute Gasteiger partial charge is 0.357 e. The molecule has 2 N–H and O–H groups in total. The van der Waals surface area contributed by atoms with Crippen LogP contribution in [-0.2, 0) is 0 Å². The van der Waals surface area contributed by atoms with Crippen LogP contribution in [0.1, 0.15) is 47.0 Å². The lowest BCUT2D eigenvalue weighted by Crippen LogP contribution is -2.39. The van der Waals surface area contributed by atoms with Gasteiger partial charge in [-0.1, -0.05) is 27.2 Å². The lowest BCUT2D eigenvalue weighted by molar-refractivity contribution is 0.261. The molecule has 20 heavy (non-hydrogen) atoms. The van der Waals surface area contributed by atoms with Crippen LogP contribution in [-0.4, -0.2) is 50.6 Å². The summed E-state index contributed by atoms with van der Waals surface area (Å²) in [5, 5.41) is 6.70. The van der Waals surface area contributed by atoms with Crippen LogP contribution < -0.4 is 10.6 Å². The van der Waals surface area contributed by atoms with Crippen molar-refractivity contribution in [3.8, 4) is 0 Å². The quantitative estimate of drug-likeness (QED) is 0.272. The van der Waals surface area contributed by atoms with E-state index in [1.165, 1.54) is 19.3 Å². The van der Waals surface area contributed by atoms with Crippen molar-refractivity contribution in [1.29, 1.82) is 0 Å². The second-order valence-electron chi connectivity index (χ2n) is 5.75. The van der Waals surface area contributed by atoms with Crippen LogP contribution in [0.25, 0.3) is 0 Å². The minimum absolute atomic E-state index is 0. The maximum absolute atomic E-state index is 4.71. The molecule has 0 aliphatic heterocycles. The fraction of sp³-hybridized carbons (Fsp3) is 0.933. The van der Waals surface area contributed by atoms with E-state index in [0.717, 1.165) is 25.6 Å². The average molecular weight is 398 g/mol. The van der Waals surface area contributed by atoms with E-state index in [9.17, 15) is 0 Å². The predicted octanol–water partition coefficient (Wildman–Crippen LogP) is 2.94. The van der Waals surface area contributed by atoms with E-state index in [1.54, 1.807) is 0 Å². The number of rotatable bonds is 9. The number of hydrogen-bond donors (Lipinski definition) is 2. The van der Waals surface area contributed by atoms with E-state index in [1.807, 2.05) is 0 Å². The maximum Gasteiger partial charge on any atom is 0.191 e. The summed E-state index contributed by atoms with van der Waals surface area (Å²) >= 11 is 0. The summed E-state index contributed by atoms with van der Waals surface area (Å²) in [6.45, 7) is 11.6. The van der Waals surface area contributed by atoms with E-state index >= 15 is 0 Å². The summed E-state index contributed by atoms with van der Waals surface area (Å²) in [7, 11) is 4.28. The van der Waals surface area contributed by atoms with Crippen molar-refractivity contribution in [2.45, 2.75) is 53.0 Å². The van der Waals surface area contributed by atoms with Crippen LogP contribution in [0.15, 0.2) is 4.99 Å². The third-order valence-corrected chi connectivity index (χ3v) is 3.10. The first-order chi connectivity index (χ1) is 9.01. The third-order valence-electron chi connectivity index (χ3n) is 3.10. The lowest BCUT2D eigenvalue weighted by Gasteiger charge is -2.24. The summed E-state index contributed by atoms with van der Waals surface area (Å²) in [6.07, 6.45) is 3.58. The van der Waals surface area contributed by atoms with Crippen LogP contribution in [0.2, 0.25) is 0 Å². The third kappa shape index (κ3) is 11.8. The Hall–Kier alpha value is -0.0400. The van der Waals surface area contributed by atoms with Crippen molar-refractivity contribution in [2.24, 2.45) is 10.9 Å². The Bertz CT molecular complexity index is 242. The topological polar surface area (TPSA) is 39.7 Å². The van der Waals surface area contributed by atoms with Gasteiger partial charge in [0, 0.05) is 19.1 Å². The summed E-state index contributed by atoms with van der Waals surface area (Å²) in [4.78, 5) is 6.99. The van der Waals surface area contributed by atoms with E-state index < -0.39 is 0 Å². The number of guanidine groups is 1. The van der Waals surface area contributed by atoms with Crippen LogP contribution in [0.5, 0.6) is 0 Å². The molecule has 0 saturated heterocycles. The van der Waals surface area contributed by atoms with Gasteiger partial charge in [0.1, 0.15) is 0 Å². The summed E-state index contributed by atoms with van der Waals surface area (Å²) in [5.74, 6) is 1.66. The molecule has 0 amide bonds. The molecule has 0 aliphatic carbocycles. The first-order valence-corrected chi connectivity index (χ1v) is 7.69. The molecule has 0 radical (unpaired) electrons. The highest BCUT2D eigenvalue weighted by molar-refractivity contribution is 14.0. The number of hydrogen-bond acceptors (Lipinski definition) is 2. The minimum atomic E-state index is 0. The molecule has 0 spiro atoms. The molecule has 1 unspecified atom stereocenters. The van der Waals surface area contributed by atoms with Crippen molar-refractivity contribution in [3.05, 3.63) is 0 Å². The summed E-state index contributed by atoms with van der Waals surface area (Å²) in [6, 6.07) is 0.515. The molecule has 1 atom stereocenters. The monoisotopic (exact) mass is 398 g/mol. The Morgan fingerprint density at radius 2 is 1.80 bits per heavy atom. The summed E-state index contributed by atoms with van der Waals surface area (Å²) in [5.41, 5.74) is 0. The molecule has 0 aromatic rings. The molecule has 0 rings (SSSR count). The highest BCUT2D eigenvalue weighted by atomic mass is 127. The van der Waals surface area contributed by atoms with Crippen molar-refractivity contribution in [2.75, 3.05) is 33.7 Å². The number of aliphatic imine (C=N–C) groups is 1. The van der Waals surface area contributed by atoms with Gasteiger partial charge in [0.25, 0.3) is 0 Å².